The van der Waals surface area contributed by atoms with Crippen molar-refractivity contribution in [3.8, 4) is 5.88 Å². The van der Waals surface area contributed by atoms with Crippen molar-refractivity contribution in [3.63, 3.8) is 0 Å². The standard InChI is InChI=1S/C28H25N3OS/c32-27-26(19-23-13-14-25-24(18-23)15-16-29-25)33-28(30-20-22-10-5-2-6-11-22)31(27)17-7-12-21-8-3-1-4-9-21/h1-6,8-11,13-16,18-19,32H,7,12,17,20H2. The molecule has 2 heterocycles. The monoisotopic (exact) mass is 451 g/mol. The molecule has 0 bridgehead atoms. The number of hydrogen-bond donors (Lipinski definition) is 1. The molecule has 0 aliphatic carbocycles. The van der Waals surface area contributed by atoms with Gasteiger partial charge in [-0.1, -0.05) is 78.1 Å². The summed E-state index contributed by atoms with van der Waals surface area (Å²) in [6.45, 7) is 1.30. The molecule has 3 aromatic carbocycles. The first-order chi connectivity index (χ1) is 16.3. The number of aryl methyl sites for hydroxylation is 1. The van der Waals surface area contributed by atoms with E-state index in [0.717, 1.165) is 44.2 Å². The van der Waals surface area contributed by atoms with Crippen molar-refractivity contribution >= 4 is 23.5 Å². The van der Waals surface area contributed by atoms with Crippen molar-refractivity contribution in [2.45, 2.75) is 25.9 Å². The Morgan fingerprint density at radius 1 is 0.939 bits per heavy atom. The third kappa shape index (κ3) is 5.04. The van der Waals surface area contributed by atoms with Gasteiger partial charge in [0, 0.05) is 18.3 Å². The zero-order chi connectivity index (χ0) is 22.5. The summed E-state index contributed by atoms with van der Waals surface area (Å²) in [6.07, 6.45) is 7.74. The lowest BCUT2D eigenvalue weighted by molar-refractivity contribution is 0.406. The molecular formula is C28H25N3OS. The van der Waals surface area contributed by atoms with Crippen LogP contribution in [0.4, 0.5) is 0 Å². The molecule has 0 amide bonds. The summed E-state index contributed by atoms with van der Waals surface area (Å²) in [7, 11) is 0. The second-order valence-electron chi connectivity index (χ2n) is 8.02. The van der Waals surface area contributed by atoms with Crippen LogP contribution in [0, 0.1) is 0 Å². The van der Waals surface area contributed by atoms with E-state index in [0.29, 0.717) is 13.1 Å². The number of nitrogens with zero attached hydrogens (tertiary/aromatic N) is 3. The van der Waals surface area contributed by atoms with Crippen molar-refractivity contribution in [2.75, 3.05) is 0 Å². The molecule has 0 spiro atoms. The lowest BCUT2D eigenvalue weighted by Gasteiger charge is -2.06. The minimum absolute atomic E-state index is 0.278. The lowest BCUT2D eigenvalue weighted by atomic mass is 10.1. The highest BCUT2D eigenvalue weighted by Crippen LogP contribution is 2.22. The largest absolute Gasteiger partial charge is 0.493 e. The Bertz CT molecular complexity index is 1470. The van der Waals surface area contributed by atoms with Gasteiger partial charge in [-0.2, -0.15) is 0 Å². The van der Waals surface area contributed by atoms with Gasteiger partial charge in [0.2, 0.25) is 5.88 Å². The Balaban J connectivity index is 1.47. The molecule has 0 saturated carbocycles. The fraction of sp³-hybridized carbons (Fsp3) is 0.143. The SMILES string of the molecule is Oc1c(C=c2ccc3c(c2)C=CN=3)sc(=NCc2ccccc2)n1CCCc1ccccc1. The van der Waals surface area contributed by atoms with Crippen molar-refractivity contribution in [1.82, 2.24) is 4.57 Å². The number of aromatic hydroxyl groups is 1. The zero-order valence-electron chi connectivity index (χ0n) is 18.3. The second kappa shape index (κ2) is 9.84. The smallest absolute Gasteiger partial charge is 0.211 e. The predicted octanol–water partition coefficient (Wildman–Crippen LogP) is 4.42. The third-order valence-corrected chi connectivity index (χ3v) is 6.71. The summed E-state index contributed by atoms with van der Waals surface area (Å²) in [5, 5.41) is 13.1. The minimum atomic E-state index is 0.278. The first kappa shape index (κ1) is 21.2. The molecule has 0 fully saturated rings. The number of thiazole rings is 1. The Morgan fingerprint density at radius 2 is 1.70 bits per heavy atom. The van der Waals surface area contributed by atoms with Crippen LogP contribution < -0.4 is 15.4 Å². The van der Waals surface area contributed by atoms with Crippen LogP contribution in [0.3, 0.4) is 0 Å². The van der Waals surface area contributed by atoms with E-state index in [4.69, 9.17) is 4.99 Å². The van der Waals surface area contributed by atoms with Gasteiger partial charge in [0.05, 0.1) is 16.8 Å². The molecule has 1 aliphatic rings. The molecule has 1 aliphatic heterocycles. The highest BCUT2D eigenvalue weighted by molar-refractivity contribution is 7.10. The third-order valence-electron chi connectivity index (χ3n) is 5.65. The summed E-state index contributed by atoms with van der Waals surface area (Å²) >= 11 is 1.53. The van der Waals surface area contributed by atoms with E-state index in [2.05, 4.69) is 47.5 Å². The van der Waals surface area contributed by atoms with Gasteiger partial charge in [-0.25, -0.2) is 0 Å². The van der Waals surface area contributed by atoms with Gasteiger partial charge >= 0.3 is 0 Å². The van der Waals surface area contributed by atoms with Gasteiger partial charge in [0.1, 0.15) is 0 Å². The summed E-state index contributed by atoms with van der Waals surface area (Å²) in [5.74, 6) is 0.278. The summed E-state index contributed by atoms with van der Waals surface area (Å²) in [6, 6.07) is 26.8. The molecule has 33 heavy (non-hydrogen) atoms. The normalized spacial score (nSPS) is 13.3. The van der Waals surface area contributed by atoms with E-state index in [1.165, 1.54) is 16.9 Å². The molecule has 164 valence electrons. The van der Waals surface area contributed by atoms with Gasteiger partial charge in [-0.05, 0) is 53.5 Å². The van der Waals surface area contributed by atoms with Crippen molar-refractivity contribution in [3.05, 3.63) is 122 Å². The molecule has 0 atom stereocenters. The molecule has 0 unspecified atom stereocenters. The fourth-order valence-corrected chi connectivity index (χ4v) is 4.94. The topological polar surface area (TPSA) is 49.9 Å². The van der Waals surface area contributed by atoms with E-state index in [9.17, 15) is 5.11 Å². The number of fused-ring (bicyclic) bond motifs is 1. The molecule has 1 N–H and O–H groups in total. The van der Waals surface area contributed by atoms with E-state index in [1.807, 2.05) is 59.3 Å². The van der Waals surface area contributed by atoms with E-state index < -0.39 is 0 Å². The summed E-state index contributed by atoms with van der Waals surface area (Å²) in [5.41, 5.74) is 3.56. The number of hydrogen-bond acceptors (Lipinski definition) is 4. The maximum absolute atomic E-state index is 11.1. The molecule has 0 saturated heterocycles. The first-order valence-electron chi connectivity index (χ1n) is 11.1. The Morgan fingerprint density at radius 3 is 2.48 bits per heavy atom. The van der Waals surface area contributed by atoms with Crippen molar-refractivity contribution in [1.29, 1.82) is 0 Å². The average Bonchev–Trinajstić information content (AvgIpc) is 3.44. The molecule has 4 nitrogen and oxygen atoms in total. The highest BCUT2D eigenvalue weighted by Gasteiger charge is 2.11. The van der Waals surface area contributed by atoms with Crippen LogP contribution >= 0.6 is 11.3 Å². The van der Waals surface area contributed by atoms with Gasteiger partial charge in [-0.15, -0.1) is 0 Å². The van der Waals surface area contributed by atoms with Gasteiger partial charge < -0.3 is 5.11 Å². The second-order valence-corrected chi connectivity index (χ2v) is 9.03. The number of benzene rings is 3. The fourth-order valence-electron chi connectivity index (χ4n) is 3.93. The Labute approximate surface area is 196 Å². The molecule has 4 aromatic rings. The maximum atomic E-state index is 11.1. The molecule has 1 aromatic heterocycles. The van der Waals surface area contributed by atoms with Gasteiger partial charge in [-0.3, -0.25) is 14.6 Å². The molecular weight excluding hydrogens is 426 g/mol. The number of rotatable bonds is 7. The van der Waals surface area contributed by atoms with Crippen LogP contribution in [-0.2, 0) is 19.5 Å². The highest BCUT2D eigenvalue weighted by atomic mass is 32.1. The number of aromatic nitrogens is 1. The van der Waals surface area contributed by atoms with Crippen LogP contribution in [0.25, 0.3) is 12.2 Å². The van der Waals surface area contributed by atoms with Gasteiger partial charge in [0.25, 0.3) is 0 Å². The molecule has 5 heteroatoms. The zero-order valence-corrected chi connectivity index (χ0v) is 19.1. The van der Waals surface area contributed by atoms with Crippen LogP contribution in [0.15, 0.2) is 95.0 Å². The first-order valence-corrected chi connectivity index (χ1v) is 11.9. The Kier molecular flexibility index (Phi) is 6.31. The van der Waals surface area contributed by atoms with E-state index in [1.54, 1.807) is 0 Å². The lowest BCUT2D eigenvalue weighted by Crippen LogP contribution is -2.15. The quantitative estimate of drug-likeness (QED) is 0.444. The Hall–Kier alpha value is -3.70. The van der Waals surface area contributed by atoms with Crippen LogP contribution in [0.5, 0.6) is 5.88 Å². The average molecular weight is 452 g/mol. The summed E-state index contributed by atoms with van der Waals surface area (Å²) < 4.78 is 1.95. The molecule has 0 radical (unpaired) electrons. The van der Waals surface area contributed by atoms with E-state index >= 15 is 0 Å². The van der Waals surface area contributed by atoms with Crippen molar-refractivity contribution < 1.29 is 5.11 Å². The van der Waals surface area contributed by atoms with Crippen molar-refractivity contribution in [2.24, 2.45) is 9.98 Å². The van der Waals surface area contributed by atoms with Crippen LogP contribution in [0.2, 0.25) is 0 Å². The van der Waals surface area contributed by atoms with Gasteiger partial charge in [0.15, 0.2) is 4.80 Å². The summed E-state index contributed by atoms with van der Waals surface area (Å²) in [4.78, 5) is 10.9. The van der Waals surface area contributed by atoms with Crippen LogP contribution in [0.1, 0.15) is 28.0 Å². The molecule has 5 rings (SSSR count). The van der Waals surface area contributed by atoms with Crippen LogP contribution in [-0.4, -0.2) is 9.67 Å². The minimum Gasteiger partial charge on any atom is -0.493 e. The predicted molar refractivity (Wildman–Crippen MR) is 134 cm³/mol. The maximum Gasteiger partial charge on any atom is 0.211 e. The van der Waals surface area contributed by atoms with E-state index in [-0.39, 0.29) is 5.88 Å².